The van der Waals surface area contributed by atoms with E-state index in [0.29, 0.717) is 0 Å². The van der Waals surface area contributed by atoms with Crippen molar-refractivity contribution < 1.29 is 0 Å². The summed E-state index contributed by atoms with van der Waals surface area (Å²) in [5.41, 5.74) is 1.38. The molecule has 1 aromatic rings. The lowest BCUT2D eigenvalue weighted by atomic mass is 10.1. The lowest BCUT2D eigenvalue weighted by Gasteiger charge is -2.24. The van der Waals surface area contributed by atoms with Crippen LogP contribution in [0.25, 0.3) is 0 Å². The third-order valence-electron chi connectivity index (χ3n) is 3.54. The molecule has 1 N–H and O–H groups in total. The maximum absolute atomic E-state index is 5.88. The highest BCUT2D eigenvalue weighted by molar-refractivity contribution is 6.30. The second-order valence-corrected chi connectivity index (χ2v) is 5.20. The number of nitrogens with one attached hydrogen (secondary N) is 1. The highest BCUT2D eigenvalue weighted by atomic mass is 35.5. The average molecular weight is 253 g/mol. The number of nitrogens with zero attached hydrogens (tertiary/aromatic N) is 1. The molecular weight excluding hydrogens is 232 g/mol. The molecule has 0 saturated carbocycles. The van der Waals surface area contributed by atoms with Gasteiger partial charge in [-0.1, -0.05) is 23.7 Å². The molecule has 3 heteroatoms. The lowest BCUT2D eigenvalue weighted by Crippen LogP contribution is -2.37. The van der Waals surface area contributed by atoms with Crippen molar-refractivity contribution in [2.24, 2.45) is 0 Å². The Kier molecular flexibility index (Phi) is 4.84. The molecule has 1 aliphatic rings. The molecule has 0 aromatic heterocycles. The minimum absolute atomic E-state index is 0.729. The number of hydrogen-bond donors (Lipinski definition) is 1. The molecule has 1 saturated heterocycles. The van der Waals surface area contributed by atoms with Gasteiger partial charge < -0.3 is 5.32 Å². The largest absolute Gasteiger partial charge is 0.318 e. The second kappa shape index (κ2) is 6.39. The number of rotatable bonds is 5. The molecule has 1 unspecified atom stereocenters. The quantitative estimate of drug-likeness (QED) is 0.867. The monoisotopic (exact) mass is 252 g/mol. The summed E-state index contributed by atoms with van der Waals surface area (Å²) in [5, 5.41) is 4.11. The van der Waals surface area contributed by atoms with Gasteiger partial charge in [-0.25, -0.2) is 0 Å². The van der Waals surface area contributed by atoms with E-state index in [0.717, 1.165) is 30.6 Å². The van der Waals surface area contributed by atoms with Crippen molar-refractivity contribution in [3.8, 4) is 0 Å². The molecule has 2 rings (SSSR count). The first kappa shape index (κ1) is 12.9. The first-order valence-electron chi connectivity index (χ1n) is 6.42. The van der Waals surface area contributed by atoms with Crippen LogP contribution in [-0.4, -0.2) is 37.6 Å². The number of halogens is 1. The Labute approximate surface area is 109 Å². The molecule has 1 fully saturated rings. The van der Waals surface area contributed by atoms with Gasteiger partial charge in [-0.3, -0.25) is 4.90 Å². The van der Waals surface area contributed by atoms with E-state index < -0.39 is 0 Å². The van der Waals surface area contributed by atoms with Crippen molar-refractivity contribution in [3.05, 3.63) is 34.9 Å². The van der Waals surface area contributed by atoms with E-state index in [2.05, 4.69) is 22.3 Å². The highest BCUT2D eigenvalue weighted by Gasteiger charge is 2.22. The third-order valence-corrected chi connectivity index (χ3v) is 3.79. The highest BCUT2D eigenvalue weighted by Crippen LogP contribution is 2.17. The van der Waals surface area contributed by atoms with Gasteiger partial charge in [-0.05, 0) is 50.6 Å². The summed E-state index contributed by atoms with van der Waals surface area (Å²) in [4.78, 5) is 2.60. The van der Waals surface area contributed by atoms with Crippen LogP contribution in [0.3, 0.4) is 0 Å². The van der Waals surface area contributed by atoms with Gasteiger partial charge in [-0.15, -0.1) is 0 Å². The van der Waals surface area contributed by atoms with Crippen molar-refractivity contribution in [2.45, 2.75) is 25.3 Å². The van der Waals surface area contributed by atoms with E-state index in [1.54, 1.807) is 0 Å². The average Bonchev–Trinajstić information content (AvgIpc) is 2.77. The minimum Gasteiger partial charge on any atom is -0.318 e. The Hall–Kier alpha value is -0.570. The third kappa shape index (κ3) is 3.70. The van der Waals surface area contributed by atoms with Gasteiger partial charge in [0.1, 0.15) is 0 Å². The molecule has 0 radical (unpaired) electrons. The maximum Gasteiger partial charge on any atom is 0.0406 e. The van der Waals surface area contributed by atoms with Crippen LogP contribution in [0.4, 0.5) is 0 Å². The molecule has 17 heavy (non-hydrogen) atoms. The van der Waals surface area contributed by atoms with Gasteiger partial charge in [0.15, 0.2) is 0 Å². The topological polar surface area (TPSA) is 15.3 Å². The van der Waals surface area contributed by atoms with Crippen LogP contribution < -0.4 is 5.32 Å². The summed E-state index contributed by atoms with van der Waals surface area (Å²) in [5.74, 6) is 0. The lowest BCUT2D eigenvalue weighted by molar-refractivity contribution is 0.253. The minimum atomic E-state index is 0.729. The summed E-state index contributed by atoms with van der Waals surface area (Å²) in [7, 11) is 2.04. The summed E-state index contributed by atoms with van der Waals surface area (Å²) < 4.78 is 0. The number of likely N-dealkylation sites (tertiary alicyclic amines) is 1. The van der Waals surface area contributed by atoms with Crippen LogP contribution >= 0.6 is 11.6 Å². The smallest absolute Gasteiger partial charge is 0.0406 e. The molecule has 1 aliphatic heterocycles. The zero-order chi connectivity index (χ0) is 12.1. The van der Waals surface area contributed by atoms with E-state index in [-0.39, 0.29) is 0 Å². The molecule has 2 nitrogen and oxygen atoms in total. The van der Waals surface area contributed by atoms with Crippen LogP contribution in [0.5, 0.6) is 0 Å². The van der Waals surface area contributed by atoms with Gasteiger partial charge in [0.25, 0.3) is 0 Å². The van der Waals surface area contributed by atoms with Crippen molar-refractivity contribution in [3.63, 3.8) is 0 Å². The van der Waals surface area contributed by atoms with Crippen LogP contribution in [0.1, 0.15) is 18.4 Å². The summed E-state index contributed by atoms with van der Waals surface area (Å²) in [6.45, 7) is 3.52. The number of likely N-dealkylation sites (N-methyl/N-ethyl adjacent to an activating group) is 1. The van der Waals surface area contributed by atoms with Crippen LogP contribution in [-0.2, 0) is 6.42 Å². The normalized spacial score (nSPS) is 20.9. The molecule has 0 spiro atoms. The molecule has 0 aliphatic carbocycles. The SMILES string of the molecule is CNCC1CCCN1CCc1ccc(Cl)cc1. The summed E-state index contributed by atoms with van der Waals surface area (Å²) in [6.07, 6.45) is 3.80. The molecule has 0 bridgehead atoms. The van der Waals surface area contributed by atoms with E-state index in [1.807, 2.05) is 19.2 Å². The van der Waals surface area contributed by atoms with E-state index in [9.17, 15) is 0 Å². The molecular formula is C14H21ClN2. The van der Waals surface area contributed by atoms with Crippen LogP contribution in [0, 0.1) is 0 Å². The Morgan fingerprint density at radius 1 is 1.35 bits per heavy atom. The Balaban J connectivity index is 1.83. The summed E-state index contributed by atoms with van der Waals surface area (Å²) in [6, 6.07) is 8.95. The number of hydrogen-bond acceptors (Lipinski definition) is 2. The molecule has 1 aromatic carbocycles. The van der Waals surface area contributed by atoms with Crippen molar-refractivity contribution in [1.29, 1.82) is 0 Å². The first-order valence-corrected chi connectivity index (χ1v) is 6.80. The van der Waals surface area contributed by atoms with E-state index in [4.69, 9.17) is 11.6 Å². The van der Waals surface area contributed by atoms with E-state index in [1.165, 1.54) is 24.9 Å². The molecule has 0 amide bonds. The first-order chi connectivity index (χ1) is 8.29. The van der Waals surface area contributed by atoms with Crippen LogP contribution in [0.15, 0.2) is 24.3 Å². The zero-order valence-corrected chi connectivity index (χ0v) is 11.2. The Morgan fingerprint density at radius 2 is 2.12 bits per heavy atom. The van der Waals surface area contributed by atoms with Gasteiger partial charge in [0.2, 0.25) is 0 Å². The fourth-order valence-electron chi connectivity index (χ4n) is 2.58. The Bertz CT molecular complexity index is 337. The van der Waals surface area contributed by atoms with E-state index >= 15 is 0 Å². The number of benzene rings is 1. The molecule has 94 valence electrons. The van der Waals surface area contributed by atoms with Gasteiger partial charge in [-0.2, -0.15) is 0 Å². The maximum atomic E-state index is 5.88. The predicted octanol–water partition coefficient (Wildman–Crippen LogP) is 2.57. The Morgan fingerprint density at radius 3 is 2.82 bits per heavy atom. The van der Waals surface area contributed by atoms with Crippen molar-refractivity contribution in [1.82, 2.24) is 10.2 Å². The summed E-state index contributed by atoms with van der Waals surface area (Å²) >= 11 is 5.88. The van der Waals surface area contributed by atoms with Gasteiger partial charge >= 0.3 is 0 Å². The molecule has 1 heterocycles. The second-order valence-electron chi connectivity index (χ2n) is 4.77. The predicted molar refractivity (Wildman–Crippen MR) is 73.7 cm³/mol. The standard InChI is InChI=1S/C14H21ClN2/c1-16-11-14-3-2-9-17(14)10-8-12-4-6-13(15)7-5-12/h4-7,14,16H,2-3,8-11H2,1H3. The fourth-order valence-corrected chi connectivity index (χ4v) is 2.71. The fraction of sp³-hybridized carbons (Fsp3) is 0.571. The molecule has 1 atom stereocenters. The van der Waals surface area contributed by atoms with Crippen molar-refractivity contribution >= 4 is 11.6 Å². The van der Waals surface area contributed by atoms with Crippen molar-refractivity contribution in [2.75, 3.05) is 26.7 Å². The van der Waals surface area contributed by atoms with Crippen LogP contribution in [0.2, 0.25) is 5.02 Å². The zero-order valence-electron chi connectivity index (χ0n) is 10.5. The van der Waals surface area contributed by atoms with Gasteiger partial charge in [0.05, 0.1) is 0 Å². The van der Waals surface area contributed by atoms with Gasteiger partial charge in [0, 0.05) is 24.2 Å².